The number of carbonyl (C=O) groups excluding carboxylic acids is 2. The molecule has 9 heteroatoms. The van der Waals surface area contributed by atoms with Gasteiger partial charge >= 0.3 is 11.7 Å². The Labute approximate surface area is 143 Å². The Morgan fingerprint density at radius 2 is 1.76 bits per heavy atom. The minimum Gasteiger partial charge on any atom is -0.490 e. The molecule has 130 valence electrons. The SMILES string of the molecule is CNC(=O)Nc1cccc(NC(=O)c2ccc([N+](=O)[O-])c(OC)c2)c1. The van der Waals surface area contributed by atoms with Crippen LogP contribution in [0, 0.1) is 10.1 Å². The van der Waals surface area contributed by atoms with Crippen molar-refractivity contribution in [1.82, 2.24) is 5.32 Å². The molecule has 0 saturated heterocycles. The molecule has 0 aliphatic rings. The van der Waals surface area contributed by atoms with Gasteiger partial charge in [0.1, 0.15) is 0 Å². The van der Waals surface area contributed by atoms with Crippen LogP contribution in [0.1, 0.15) is 10.4 Å². The van der Waals surface area contributed by atoms with Gasteiger partial charge in [0, 0.05) is 36.1 Å². The van der Waals surface area contributed by atoms with Crippen LogP contribution >= 0.6 is 0 Å². The lowest BCUT2D eigenvalue weighted by Gasteiger charge is -2.09. The van der Waals surface area contributed by atoms with E-state index in [1.807, 2.05) is 0 Å². The number of hydrogen-bond acceptors (Lipinski definition) is 5. The number of anilines is 2. The Kier molecular flexibility index (Phi) is 5.51. The van der Waals surface area contributed by atoms with Crippen LogP contribution in [0.2, 0.25) is 0 Å². The number of rotatable bonds is 5. The zero-order chi connectivity index (χ0) is 18.4. The molecular weight excluding hydrogens is 328 g/mol. The Morgan fingerprint density at radius 1 is 1.08 bits per heavy atom. The fourth-order valence-corrected chi connectivity index (χ4v) is 2.04. The molecule has 9 nitrogen and oxygen atoms in total. The van der Waals surface area contributed by atoms with Gasteiger partial charge in [-0.1, -0.05) is 6.07 Å². The molecule has 3 amide bonds. The number of nitrogens with one attached hydrogen (secondary N) is 3. The number of methoxy groups -OCH3 is 1. The van der Waals surface area contributed by atoms with Crippen molar-refractivity contribution >= 4 is 29.0 Å². The maximum absolute atomic E-state index is 12.3. The first-order valence-corrected chi connectivity index (χ1v) is 7.17. The predicted molar refractivity (Wildman–Crippen MR) is 92.1 cm³/mol. The van der Waals surface area contributed by atoms with Crippen molar-refractivity contribution in [2.24, 2.45) is 0 Å². The number of nitrogens with zero attached hydrogens (tertiary/aromatic N) is 1. The number of nitro benzene ring substituents is 1. The van der Waals surface area contributed by atoms with Crippen LogP contribution in [0.4, 0.5) is 21.9 Å². The van der Waals surface area contributed by atoms with Gasteiger partial charge in [0.25, 0.3) is 5.91 Å². The Morgan fingerprint density at radius 3 is 2.36 bits per heavy atom. The molecular formula is C16H16N4O5. The molecule has 25 heavy (non-hydrogen) atoms. The van der Waals surface area contributed by atoms with Crippen LogP contribution in [-0.2, 0) is 0 Å². The van der Waals surface area contributed by atoms with E-state index in [9.17, 15) is 19.7 Å². The molecule has 2 rings (SSSR count). The lowest BCUT2D eigenvalue weighted by Crippen LogP contribution is -2.24. The van der Waals surface area contributed by atoms with Gasteiger partial charge in [0.2, 0.25) is 0 Å². The summed E-state index contributed by atoms with van der Waals surface area (Å²) in [6.07, 6.45) is 0. The first-order chi connectivity index (χ1) is 11.9. The molecule has 0 heterocycles. The van der Waals surface area contributed by atoms with E-state index in [0.717, 1.165) is 0 Å². The fraction of sp³-hybridized carbons (Fsp3) is 0.125. The monoisotopic (exact) mass is 344 g/mol. The summed E-state index contributed by atoms with van der Waals surface area (Å²) in [4.78, 5) is 33.9. The molecule has 0 spiro atoms. The first-order valence-electron chi connectivity index (χ1n) is 7.17. The number of hydrogen-bond donors (Lipinski definition) is 3. The molecule has 0 saturated carbocycles. The van der Waals surface area contributed by atoms with Gasteiger partial charge < -0.3 is 20.7 Å². The summed E-state index contributed by atoms with van der Waals surface area (Å²) in [6.45, 7) is 0. The van der Waals surface area contributed by atoms with Gasteiger partial charge in [-0.05, 0) is 24.3 Å². The summed E-state index contributed by atoms with van der Waals surface area (Å²) in [6, 6.07) is 10.0. The van der Waals surface area contributed by atoms with Crippen molar-refractivity contribution in [1.29, 1.82) is 0 Å². The van der Waals surface area contributed by atoms with Gasteiger partial charge in [0.15, 0.2) is 5.75 Å². The summed E-state index contributed by atoms with van der Waals surface area (Å²) in [5.74, 6) is -0.474. The Balaban J connectivity index is 2.18. The van der Waals surface area contributed by atoms with Gasteiger partial charge in [-0.3, -0.25) is 14.9 Å². The average Bonchev–Trinajstić information content (AvgIpc) is 2.61. The molecule has 2 aromatic carbocycles. The van der Waals surface area contributed by atoms with Gasteiger partial charge in [-0.25, -0.2) is 4.79 Å². The normalized spacial score (nSPS) is 9.84. The summed E-state index contributed by atoms with van der Waals surface area (Å²) < 4.78 is 4.95. The number of benzene rings is 2. The van der Waals surface area contributed by atoms with Crippen LogP contribution in [0.5, 0.6) is 5.75 Å². The van der Waals surface area contributed by atoms with E-state index < -0.39 is 10.8 Å². The van der Waals surface area contributed by atoms with Crippen molar-refractivity contribution in [3.05, 3.63) is 58.1 Å². The highest BCUT2D eigenvalue weighted by Gasteiger charge is 2.17. The van der Waals surface area contributed by atoms with E-state index in [2.05, 4.69) is 16.0 Å². The first kappa shape index (κ1) is 17.7. The van der Waals surface area contributed by atoms with Crippen molar-refractivity contribution < 1.29 is 19.2 Å². The maximum atomic E-state index is 12.3. The molecule has 2 aromatic rings. The average molecular weight is 344 g/mol. The topological polar surface area (TPSA) is 123 Å². The summed E-state index contributed by atoms with van der Waals surface area (Å²) in [7, 11) is 2.78. The highest BCUT2D eigenvalue weighted by molar-refractivity contribution is 6.05. The lowest BCUT2D eigenvalue weighted by molar-refractivity contribution is -0.385. The second-order valence-corrected chi connectivity index (χ2v) is 4.88. The van der Waals surface area contributed by atoms with E-state index in [4.69, 9.17) is 4.74 Å². The minimum atomic E-state index is -0.589. The number of urea groups is 1. The van der Waals surface area contributed by atoms with Crippen molar-refractivity contribution in [2.45, 2.75) is 0 Å². The second kappa shape index (κ2) is 7.77. The zero-order valence-corrected chi connectivity index (χ0v) is 13.5. The molecule has 0 aliphatic carbocycles. The smallest absolute Gasteiger partial charge is 0.318 e. The lowest BCUT2D eigenvalue weighted by atomic mass is 10.1. The Hall–Kier alpha value is -3.62. The highest BCUT2D eigenvalue weighted by atomic mass is 16.6. The standard InChI is InChI=1S/C16H16N4O5/c1-17-16(22)19-12-5-3-4-11(9-12)18-15(21)10-6-7-13(20(23)24)14(8-10)25-2/h3-9H,1-2H3,(H,18,21)(H2,17,19,22). The third-order valence-electron chi connectivity index (χ3n) is 3.24. The summed E-state index contributed by atoms with van der Waals surface area (Å²) in [5, 5.41) is 18.5. The van der Waals surface area contributed by atoms with Crippen molar-refractivity contribution in [3.63, 3.8) is 0 Å². The number of amides is 3. The number of nitro groups is 1. The van der Waals surface area contributed by atoms with Crippen LogP contribution in [0.15, 0.2) is 42.5 Å². The van der Waals surface area contributed by atoms with Crippen LogP contribution in [0.3, 0.4) is 0 Å². The summed E-state index contributed by atoms with van der Waals surface area (Å²) >= 11 is 0. The molecule has 0 bridgehead atoms. The predicted octanol–water partition coefficient (Wildman–Crippen LogP) is 2.61. The van der Waals surface area contributed by atoms with E-state index in [1.165, 1.54) is 32.4 Å². The molecule has 0 aliphatic heterocycles. The van der Waals surface area contributed by atoms with E-state index >= 15 is 0 Å². The third kappa shape index (κ3) is 4.44. The van der Waals surface area contributed by atoms with Crippen molar-refractivity contribution in [2.75, 3.05) is 24.8 Å². The fourth-order valence-electron chi connectivity index (χ4n) is 2.04. The molecule has 0 unspecified atom stereocenters. The zero-order valence-electron chi connectivity index (χ0n) is 13.5. The van der Waals surface area contributed by atoms with Crippen LogP contribution < -0.4 is 20.7 Å². The van der Waals surface area contributed by atoms with Crippen LogP contribution in [-0.4, -0.2) is 31.0 Å². The molecule has 0 fully saturated rings. The molecule has 0 aromatic heterocycles. The third-order valence-corrected chi connectivity index (χ3v) is 3.24. The minimum absolute atomic E-state index is 0.00677. The van der Waals surface area contributed by atoms with E-state index in [0.29, 0.717) is 11.4 Å². The van der Waals surface area contributed by atoms with Gasteiger partial charge in [-0.15, -0.1) is 0 Å². The van der Waals surface area contributed by atoms with E-state index in [-0.39, 0.29) is 23.0 Å². The summed E-state index contributed by atoms with van der Waals surface area (Å²) in [5.41, 5.74) is 0.928. The van der Waals surface area contributed by atoms with Crippen LogP contribution in [0.25, 0.3) is 0 Å². The number of carbonyl (C=O) groups is 2. The highest BCUT2D eigenvalue weighted by Crippen LogP contribution is 2.28. The van der Waals surface area contributed by atoms with Gasteiger partial charge in [-0.2, -0.15) is 0 Å². The molecule has 3 N–H and O–H groups in total. The molecule has 0 radical (unpaired) electrons. The number of ether oxygens (including phenoxy) is 1. The Bertz CT molecular complexity index is 822. The van der Waals surface area contributed by atoms with Crippen molar-refractivity contribution in [3.8, 4) is 5.75 Å². The largest absolute Gasteiger partial charge is 0.490 e. The van der Waals surface area contributed by atoms with Gasteiger partial charge in [0.05, 0.1) is 12.0 Å². The molecule has 0 atom stereocenters. The van der Waals surface area contributed by atoms with E-state index in [1.54, 1.807) is 24.3 Å². The second-order valence-electron chi connectivity index (χ2n) is 4.88. The maximum Gasteiger partial charge on any atom is 0.318 e. The quantitative estimate of drug-likeness (QED) is 0.568.